The van der Waals surface area contributed by atoms with Crippen LogP contribution in [0, 0.1) is 17.8 Å². The molecular formula is C51H98O6. The lowest BCUT2D eigenvalue weighted by Gasteiger charge is -2.18. The molecule has 0 saturated heterocycles. The molecule has 0 fully saturated rings. The fraction of sp³-hybridized carbons (Fsp3) is 0.941. The van der Waals surface area contributed by atoms with Crippen LogP contribution in [0.25, 0.3) is 0 Å². The second-order valence-electron chi connectivity index (χ2n) is 18.6. The van der Waals surface area contributed by atoms with E-state index in [4.69, 9.17) is 14.2 Å². The van der Waals surface area contributed by atoms with E-state index < -0.39 is 6.10 Å². The predicted octanol–water partition coefficient (Wildman–Crippen LogP) is 16.0. The molecule has 0 aliphatic heterocycles. The molecule has 0 heterocycles. The largest absolute Gasteiger partial charge is 0.462 e. The molecule has 0 bridgehead atoms. The number of unbranched alkanes of at least 4 members (excludes halogenated alkanes) is 26. The third kappa shape index (κ3) is 43.8. The van der Waals surface area contributed by atoms with Gasteiger partial charge in [0.05, 0.1) is 0 Å². The van der Waals surface area contributed by atoms with E-state index in [1.807, 2.05) is 0 Å². The quantitative estimate of drug-likeness (QED) is 0.0347. The Morgan fingerprint density at radius 2 is 0.614 bits per heavy atom. The highest BCUT2D eigenvalue weighted by Gasteiger charge is 2.19. The predicted molar refractivity (Wildman–Crippen MR) is 243 cm³/mol. The van der Waals surface area contributed by atoms with Gasteiger partial charge in [0, 0.05) is 19.3 Å². The highest BCUT2D eigenvalue weighted by molar-refractivity contribution is 5.71. The summed E-state index contributed by atoms with van der Waals surface area (Å²) in [6, 6.07) is 0. The Morgan fingerprint density at radius 1 is 0.351 bits per heavy atom. The first kappa shape index (κ1) is 55.4. The molecule has 0 spiro atoms. The maximum atomic E-state index is 12.8. The van der Waals surface area contributed by atoms with E-state index in [0.717, 1.165) is 75.5 Å². The summed E-state index contributed by atoms with van der Waals surface area (Å²) in [6.07, 6.45) is 40.9. The number of ether oxygens (including phenoxy) is 3. The average Bonchev–Trinajstić information content (AvgIpc) is 3.18. The monoisotopic (exact) mass is 807 g/mol. The minimum absolute atomic E-state index is 0.0655. The van der Waals surface area contributed by atoms with Crippen LogP contribution < -0.4 is 0 Å². The zero-order valence-corrected chi connectivity index (χ0v) is 39.1. The van der Waals surface area contributed by atoms with Crippen LogP contribution >= 0.6 is 0 Å². The van der Waals surface area contributed by atoms with Gasteiger partial charge in [-0.1, -0.05) is 234 Å². The van der Waals surface area contributed by atoms with Crippen molar-refractivity contribution in [1.29, 1.82) is 0 Å². The number of esters is 3. The second kappa shape index (κ2) is 42.5. The van der Waals surface area contributed by atoms with E-state index in [1.165, 1.54) is 154 Å². The van der Waals surface area contributed by atoms with Gasteiger partial charge in [0.1, 0.15) is 13.2 Å². The molecule has 0 radical (unpaired) electrons. The zero-order valence-electron chi connectivity index (χ0n) is 39.1. The molecule has 2 atom stereocenters. The fourth-order valence-electron chi connectivity index (χ4n) is 7.55. The van der Waals surface area contributed by atoms with E-state index in [1.54, 1.807) is 0 Å². The number of carbonyl (C=O) groups excluding carboxylic acids is 3. The summed E-state index contributed by atoms with van der Waals surface area (Å²) in [7, 11) is 0. The van der Waals surface area contributed by atoms with Crippen molar-refractivity contribution in [1.82, 2.24) is 0 Å². The van der Waals surface area contributed by atoms with Crippen LogP contribution in [0.5, 0.6) is 0 Å². The summed E-state index contributed by atoms with van der Waals surface area (Å²) >= 11 is 0. The van der Waals surface area contributed by atoms with Crippen LogP contribution in [0.15, 0.2) is 0 Å². The van der Waals surface area contributed by atoms with E-state index in [2.05, 4.69) is 41.5 Å². The van der Waals surface area contributed by atoms with Gasteiger partial charge in [-0.3, -0.25) is 14.4 Å². The number of hydrogen-bond donors (Lipinski definition) is 0. The van der Waals surface area contributed by atoms with Gasteiger partial charge >= 0.3 is 17.9 Å². The van der Waals surface area contributed by atoms with Crippen molar-refractivity contribution < 1.29 is 28.6 Å². The van der Waals surface area contributed by atoms with Crippen molar-refractivity contribution in [3.8, 4) is 0 Å². The molecule has 6 heteroatoms. The van der Waals surface area contributed by atoms with Gasteiger partial charge in [0.2, 0.25) is 0 Å². The van der Waals surface area contributed by atoms with Crippen molar-refractivity contribution >= 4 is 17.9 Å². The third-order valence-corrected chi connectivity index (χ3v) is 11.8. The Kier molecular flexibility index (Phi) is 41.3. The van der Waals surface area contributed by atoms with Crippen molar-refractivity contribution in [2.24, 2.45) is 17.8 Å². The topological polar surface area (TPSA) is 78.9 Å². The Labute approximate surface area is 355 Å². The van der Waals surface area contributed by atoms with E-state index in [-0.39, 0.29) is 31.1 Å². The molecule has 0 aromatic heterocycles. The molecule has 0 saturated carbocycles. The highest BCUT2D eigenvalue weighted by atomic mass is 16.6. The highest BCUT2D eigenvalue weighted by Crippen LogP contribution is 2.18. The fourth-order valence-corrected chi connectivity index (χ4v) is 7.55. The lowest BCUT2D eigenvalue weighted by Crippen LogP contribution is -2.30. The lowest BCUT2D eigenvalue weighted by molar-refractivity contribution is -0.167. The Morgan fingerprint density at radius 3 is 0.912 bits per heavy atom. The SMILES string of the molecule is CCC(C)CCCCCCCCCCCCC(=O)OC[C@H](COC(=O)CCCCCCCCCC(C)C)OC(=O)CCCCCCCCCCCCCCC(C)C. The maximum Gasteiger partial charge on any atom is 0.306 e. The number of carbonyl (C=O) groups is 3. The average molecular weight is 807 g/mol. The van der Waals surface area contributed by atoms with Gasteiger partial charge in [-0.15, -0.1) is 0 Å². The smallest absolute Gasteiger partial charge is 0.306 e. The number of hydrogen-bond acceptors (Lipinski definition) is 6. The Balaban J connectivity index is 4.32. The minimum Gasteiger partial charge on any atom is -0.462 e. The van der Waals surface area contributed by atoms with Crippen LogP contribution in [-0.4, -0.2) is 37.2 Å². The van der Waals surface area contributed by atoms with Gasteiger partial charge in [-0.2, -0.15) is 0 Å². The van der Waals surface area contributed by atoms with Crippen molar-refractivity contribution in [2.75, 3.05) is 13.2 Å². The van der Waals surface area contributed by atoms with Crippen molar-refractivity contribution in [3.05, 3.63) is 0 Å². The maximum absolute atomic E-state index is 12.8. The Hall–Kier alpha value is -1.59. The molecule has 0 rings (SSSR count). The molecule has 338 valence electrons. The van der Waals surface area contributed by atoms with Gasteiger partial charge < -0.3 is 14.2 Å². The summed E-state index contributed by atoms with van der Waals surface area (Å²) in [5, 5.41) is 0. The molecule has 0 amide bonds. The molecular weight excluding hydrogens is 709 g/mol. The van der Waals surface area contributed by atoms with E-state index >= 15 is 0 Å². The van der Waals surface area contributed by atoms with Gasteiger partial charge in [0.15, 0.2) is 6.10 Å². The molecule has 1 unspecified atom stereocenters. The van der Waals surface area contributed by atoms with E-state index in [9.17, 15) is 14.4 Å². The Bertz CT molecular complexity index is 885. The standard InChI is InChI=1S/C51H98O6/c1-7-47(6)39-33-27-21-15-12-13-16-22-28-34-40-49(52)55-43-48(44-56-50(53)41-35-29-24-18-20-26-32-38-46(4)5)57-51(54)42-36-30-23-17-11-9-8-10-14-19-25-31-37-45(2)3/h45-48H,7-44H2,1-6H3/t47?,48-/m1/s1. The zero-order chi connectivity index (χ0) is 42.0. The molecule has 0 N–H and O–H groups in total. The summed E-state index contributed by atoms with van der Waals surface area (Å²) < 4.78 is 16.8. The first-order chi connectivity index (χ1) is 27.6. The number of rotatable bonds is 44. The van der Waals surface area contributed by atoms with E-state index in [0.29, 0.717) is 19.3 Å². The van der Waals surface area contributed by atoms with Gasteiger partial charge in [-0.05, 0) is 37.0 Å². The van der Waals surface area contributed by atoms with Crippen LogP contribution in [0.3, 0.4) is 0 Å². The van der Waals surface area contributed by atoms with Crippen LogP contribution in [0.1, 0.15) is 273 Å². The normalized spacial score (nSPS) is 12.6. The molecule has 6 nitrogen and oxygen atoms in total. The van der Waals surface area contributed by atoms with Gasteiger partial charge in [0.25, 0.3) is 0 Å². The van der Waals surface area contributed by atoms with Gasteiger partial charge in [-0.25, -0.2) is 0 Å². The molecule has 0 aromatic carbocycles. The molecule has 0 aliphatic rings. The molecule has 0 aromatic rings. The first-order valence-electron chi connectivity index (χ1n) is 25.1. The third-order valence-electron chi connectivity index (χ3n) is 11.8. The van der Waals surface area contributed by atoms with Crippen molar-refractivity contribution in [3.63, 3.8) is 0 Å². The van der Waals surface area contributed by atoms with Crippen molar-refractivity contribution in [2.45, 2.75) is 279 Å². The second-order valence-corrected chi connectivity index (χ2v) is 18.6. The van der Waals surface area contributed by atoms with Crippen LogP contribution in [0.2, 0.25) is 0 Å². The van der Waals surface area contributed by atoms with Crippen LogP contribution in [0.4, 0.5) is 0 Å². The van der Waals surface area contributed by atoms with Crippen LogP contribution in [-0.2, 0) is 28.6 Å². The lowest BCUT2D eigenvalue weighted by atomic mass is 9.99. The molecule has 0 aliphatic carbocycles. The summed E-state index contributed by atoms with van der Waals surface area (Å²) in [6.45, 7) is 13.7. The molecule has 57 heavy (non-hydrogen) atoms. The first-order valence-corrected chi connectivity index (χ1v) is 25.1. The summed E-state index contributed by atoms with van der Waals surface area (Å²) in [4.78, 5) is 37.9. The summed E-state index contributed by atoms with van der Waals surface area (Å²) in [5.74, 6) is 1.63. The minimum atomic E-state index is -0.763. The summed E-state index contributed by atoms with van der Waals surface area (Å²) in [5.41, 5.74) is 0.